The Morgan fingerprint density at radius 3 is 2.00 bits per heavy atom. The van der Waals surface area contributed by atoms with Crippen molar-refractivity contribution in [2.45, 2.75) is 0 Å². The average Bonchev–Trinajstić information content (AvgIpc) is 3.38. The molecule has 0 aliphatic carbocycles. The SMILES string of the molecule is O=[N+]([O-])c1c(Cl)cccc1-c1c[nH]cc1Cl.[C-]#[N+]c1c[nH]cc1-c1cccc(Cl)c1Cl. The summed E-state index contributed by atoms with van der Waals surface area (Å²) in [6.45, 7) is 7.00. The molecular formula is C21H12Cl4N4O2. The molecular weight excluding hydrogens is 482 g/mol. The molecule has 0 aliphatic heterocycles. The number of H-pyrrole nitrogens is 2. The second-order valence-electron chi connectivity index (χ2n) is 6.08. The van der Waals surface area contributed by atoms with E-state index in [1.807, 2.05) is 12.1 Å². The molecule has 0 bridgehead atoms. The van der Waals surface area contributed by atoms with Gasteiger partial charge in [-0.05, 0) is 30.0 Å². The van der Waals surface area contributed by atoms with Crippen LogP contribution in [-0.4, -0.2) is 14.9 Å². The number of nitrogens with one attached hydrogen (secondary N) is 2. The van der Waals surface area contributed by atoms with Crippen LogP contribution in [0.25, 0.3) is 27.1 Å². The van der Waals surface area contributed by atoms with Gasteiger partial charge in [0.15, 0.2) is 0 Å². The number of aromatic amines is 2. The van der Waals surface area contributed by atoms with Crippen LogP contribution < -0.4 is 0 Å². The number of aromatic nitrogens is 2. The van der Waals surface area contributed by atoms with Gasteiger partial charge < -0.3 is 9.97 Å². The molecule has 2 N–H and O–H groups in total. The summed E-state index contributed by atoms with van der Waals surface area (Å²) >= 11 is 23.7. The fourth-order valence-electron chi connectivity index (χ4n) is 2.85. The smallest absolute Gasteiger partial charge is 0.295 e. The highest BCUT2D eigenvalue weighted by atomic mass is 35.5. The fraction of sp³-hybridized carbons (Fsp3) is 0. The summed E-state index contributed by atoms with van der Waals surface area (Å²) in [6.07, 6.45) is 6.53. The Balaban J connectivity index is 0.000000176. The molecule has 0 fully saturated rings. The lowest BCUT2D eigenvalue weighted by Gasteiger charge is -2.03. The number of nitrogens with zero attached hydrogens (tertiary/aromatic N) is 2. The van der Waals surface area contributed by atoms with Crippen LogP contribution >= 0.6 is 46.4 Å². The van der Waals surface area contributed by atoms with Gasteiger partial charge in [-0.25, -0.2) is 4.85 Å². The lowest BCUT2D eigenvalue weighted by Crippen LogP contribution is -1.92. The lowest BCUT2D eigenvalue weighted by molar-refractivity contribution is -0.384. The highest BCUT2D eigenvalue weighted by molar-refractivity contribution is 6.43. The van der Waals surface area contributed by atoms with Gasteiger partial charge in [0.2, 0.25) is 5.69 Å². The molecule has 6 nitrogen and oxygen atoms in total. The van der Waals surface area contributed by atoms with Crippen molar-refractivity contribution in [3.63, 3.8) is 0 Å². The highest BCUT2D eigenvalue weighted by Crippen LogP contribution is 2.39. The molecule has 2 aromatic heterocycles. The molecule has 2 aromatic carbocycles. The van der Waals surface area contributed by atoms with E-state index in [1.54, 1.807) is 43.0 Å². The van der Waals surface area contributed by atoms with Gasteiger partial charge in [0, 0.05) is 29.7 Å². The number of rotatable bonds is 3. The van der Waals surface area contributed by atoms with Crippen LogP contribution in [0.2, 0.25) is 20.1 Å². The minimum atomic E-state index is -0.513. The van der Waals surface area contributed by atoms with Crippen LogP contribution in [0.1, 0.15) is 0 Å². The summed E-state index contributed by atoms with van der Waals surface area (Å²) in [5, 5.41) is 12.4. The van der Waals surface area contributed by atoms with Gasteiger partial charge >= 0.3 is 0 Å². The van der Waals surface area contributed by atoms with Gasteiger partial charge in [-0.3, -0.25) is 10.1 Å². The summed E-state index contributed by atoms with van der Waals surface area (Å²) in [5.41, 5.74) is 2.93. The number of benzene rings is 2. The Morgan fingerprint density at radius 1 is 0.774 bits per heavy atom. The first-order valence-corrected chi connectivity index (χ1v) is 10.1. The number of nitro groups is 1. The van der Waals surface area contributed by atoms with Gasteiger partial charge in [0.1, 0.15) is 5.02 Å². The molecule has 156 valence electrons. The third-order valence-electron chi connectivity index (χ3n) is 4.24. The first kappa shape index (κ1) is 22.7. The molecule has 0 saturated carbocycles. The van der Waals surface area contributed by atoms with Gasteiger partial charge in [-0.1, -0.05) is 64.6 Å². The second kappa shape index (κ2) is 9.90. The summed E-state index contributed by atoms with van der Waals surface area (Å²) in [7, 11) is 0. The standard InChI is InChI=1S/C11H6Cl2N2.C10H6Cl2N2O2/c1-14-10-6-15-5-8(10)7-3-2-4-9(12)11(7)13;11-8-3-1-2-6(10(8)14(15)16)7-4-13-5-9(7)12/h2-6,15H;1-5,13H. The van der Waals surface area contributed by atoms with Crippen LogP contribution in [0, 0.1) is 16.7 Å². The van der Waals surface area contributed by atoms with Crippen LogP contribution in [0.4, 0.5) is 11.4 Å². The van der Waals surface area contributed by atoms with Gasteiger partial charge in [0.25, 0.3) is 5.69 Å². The Bertz CT molecular complexity index is 1290. The third kappa shape index (κ3) is 4.87. The summed E-state index contributed by atoms with van der Waals surface area (Å²) in [4.78, 5) is 19.5. The van der Waals surface area contributed by atoms with Crippen molar-refractivity contribution in [1.82, 2.24) is 9.97 Å². The molecule has 4 rings (SSSR count). The number of hydrogen-bond acceptors (Lipinski definition) is 2. The average molecular weight is 494 g/mol. The maximum atomic E-state index is 10.9. The quantitative estimate of drug-likeness (QED) is 0.170. The molecule has 31 heavy (non-hydrogen) atoms. The largest absolute Gasteiger partial charge is 0.378 e. The van der Waals surface area contributed by atoms with Crippen molar-refractivity contribution in [3.8, 4) is 22.3 Å². The molecule has 4 aromatic rings. The Morgan fingerprint density at radius 2 is 1.39 bits per heavy atom. The van der Waals surface area contributed by atoms with Crippen molar-refractivity contribution in [2.24, 2.45) is 0 Å². The van der Waals surface area contributed by atoms with E-state index in [2.05, 4.69) is 14.8 Å². The molecule has 0 saturated heterocycles. The van der Waals surface area contributed by atoms with E-state index in [9.17, 15) is 10.1 Å². The predicted octanol–water partition coefficient (Wildman–Crippen LogP) is 8.44. The van der Waals surface area contributed by atoms with Crippen molar-refractivity contribution < 1.29 is 4.92 Å². The highest BCUT2D eigenvalue weighted by Gasteiger charge is 2.21. The number of halogens is 4. The van der Waals surface area contributed by atoms with E-state index in [-0.39, 0.29) is 10.7 Å². The molecule has 10 heteroatoms. The minimum absolute atomic E-state index is 0.0970. The van der Waals surface area contributed by atoms with Crippen LogP contribution in [0.15, 0.2) is 61.2 Å². The van der Waals surface area contributed by atoms with E-state index < -0.39 is 4.92 Å². The zero-order valence-corrected chi connectivity index (χ0v) is 18.5. The number of nitro benzene ring substituents is 1. The predicted molar refractivity (Wildman–Crippen MR) is 125 cm³/mol. The first-order chi connectivity index (χ1) is 14.8. The summed E-state index contributed by atoms with van der Waals surface area (Å²) in [6, 6.07) is 10.1. The summed E-state index contributed by atoms with van der Waals surface area (Å²) in [5.74, 6) is 0. The maximum absolute atomic E-state index is 10.9. The van der Waals surface area contributed by atoms with E-state index in [4.69, 9.17) is 53.0 Å². The van der Waals surface area contributed by atoms with E-state index in [0.717, 1.165) is 11.1 Å². The van der Waals surface area contributed by atoms with Crippen LogP contribution in [0.3, 0.4) is 0 Å². The first-order valence-electron chi connectivity index (χ1n) is 8.59. The third-order valence-corrected chi connectivity index (χ3v) is 5.68. The molecule has 0 radical (unpaired) electrons. The van der Waals surface area contributed by atoms with Crippen molar-refractivity contribution >= 4 is 57.8 Å². The van der Waals surface area contributed by atoms with Crippen molar-refractivity contribution in [1.29, 1.82) is 0 Å². The van der Waals surface area contributed by atoms with Crippen LogP contribution in [0.5, 0.6) is 0 Å². The van der Waals surface area contributed by atoms with Crippen molar-refractivity contribution in [3.05, 3.63) is 103 Å². The fourth-order valence-corrected chi connectivity index (χ4v) is 3.71. The normalized spacial score (nSPS) is 10.2. The molecule has 2 heterocycles. The minimum Gasteiger partial charge on any atom is -0.378 e. The summed E-state index contributed by atoms with van der Waals surface area (Å²) < 4.78 is 0. The van der Waals surface area contributed by atoms with Crippen molar-refractivity contribution in [2.75, 3.05) is 0 Å². The van der Waals surface area contributed by atoms with E-state index >= 15 is 0 Å². The maximum Gasteiger partial charge on any atom is 0.295 e. The van der Waals surface area contributed by atoms with Gasteiger partial charge in [-0.2, -0.15) is 0 Å². The molecule has 0 spiro atoms. The Hall–Kier alpha value is -2.95. The monoisotopic (exact) mass is 492 g/mol. The molecule has 0 unspecified atom stereocenters. The Kier molecular flexibility index (Phi) is 7.26. The van der Waals surface area contributed by atoms with E-state index in [1.165, 1.54) is 6.07 Å². The van der Waals surface area contributed by atoms with Crippen LogP contribution in [-0.2, 0) is 0 Å². The molecule has 0 amide bonds. The topological polar surface area (TPSA) is 79.1 Å². The second-order valence-corrected chi connectivity index (χ2v) is 7.68. The molecule has 0 atom stereocenters. The Labute approximate surface area is 197 Å². The zero-order valence-electron chi connectivity index (χ0n) is 15.5. The van der Waals surface area contributed by atoms with E-state index in [0.29, 0.717) is 31.9 Å². The lowest BCUT2D eigenvalue weighted by atomic mass is 10.1. The van der Waals surface area contributed by atoms with Gasteiger partial charge in [0.05, 0.1) is 32.1 Å². The molecule has 0 aliphatic rings. The number of hydrogen-bond donors (Lipinski definition) is 2. The van der Waals surface area contributed by atoms with Gasteiger partial charge in [-0.15, -0.1) is 0 Å². The zero-order chi connectivity index (χ0) is 22.5. The number of para-hydroxylation sites is 1.